The first-order valence-corrected chi connectivity index (χ1v) is 11.3. The SMILES string of the molecule is CCCCCCOC(=O)c1ccc(NC(=O)C(Br)C(Br)c2ccccc2)cc1. The third kappa shape index (κ3) is 7.06. The minimum Gasteiger partial charge on any atom is -0.462 e. The van der Waals surface area contributed by atoms with Gasteiger partial charge in [-0.3, -0.25) is 4.79 Å². The summed E-state index contributed by atoms with van der Waals surface area (Å²) in [5, 5.41) is 2.86. The monoisotopic (exact) mass is 509 g/mol. The molecule has 0 aliphatic carbocycles. The number of carbonyl (C=O) groups is 2. The summed E-state index contributed by atoms with van der Waals surface area (Å²) < 4.78 is 5.27. The molecule has 0 aromatic heterocycles. The number of unbranched alkanes of at least 4 members (excludes halogenated alkanes) is 3. The van der Waals surface area contributed by atoms with E-state index in [-0.39, 0.29) is 16.7 Å². The van der Waals surface area contributed by atoms with Crippen LogP contribution in [0.1, 0.15) is 53.4 Å². The number of ether oxygens (including phenoxy) is 1. The van der Waals surface area contributed by atoms with E-state index >= 15 is 0 Å². The fourth-order valence-corrected chi connectivity index (χ4v) is 3.58. The van der Waals surface area contributed by atoms with Gasteiger partial charge >= 0.3 is 5.97 Å². The Morgan fingerprint density at radius 2 is 1.64 bits per heavy atom. The van der Waals surface area contributed by atoms with Crippen molar-refractivity contribution in [3.63, 3.8) is 0 Å². The number of nitrogens with one attached hydrogen (secondary N) is 1. The fourth-order valence-electron chi connectivity index (χ4n) is 2.62. The van der Waals surface area contributed by atoms with E-state index in [9.17, 15) is 9.59 Å². The molecule has 0 aliphatic heterocycles. The average molecular weight is 511 g/mol. The third-order valence-electron chi connectivity index (χ3n) is 4.24. The van der Waals surface area contributed by atoms with Gasteiger partial charge in [0.15, 0.2) is 0 Å². The van der Waals surface area contributed by atoms with E-state index in [4.69, 9.17) is 4.74 Å². The normalized spacial score (nSPS) is 12.8. The number of alkyl halides is 2. The first-order chi connectivity index (χ1) is 13.5. The van der Waals surface area contributed by atoms with Crippen LogP contribution in [0.15, 0.2) is 54.6 Å². The Morgan fingerprint density at radius 3 is 2.29 bits per heavy atom. The van der Waals surface area contributed by atoms with Gasteiger partial charge in [-0.05, 0) is 36.2 Å². The van der Waals surface area contributed by atoms with Crippen LogP contribution >= 0.6 is 31.9 Å². The number of amides is 1. The Kier molecular flexibility index (Phi) is 9.71. The Balaban J connectivity index is 1.85. The maximum atomic E-state index is 12.5. The standard InChI is InChI=1S/C22H25Br2NO3/c1-2-3-4-8-15-28-22(27)17-11-13-18(14-12-17)25-21(26)20(24)19(23)16-9-6-5-7-10-16/h5-7,9-14,19-20H,2-4,8,15H2,1H3,(H,25,26). The molecule has 6 heteroatoms. The quantitative estimate of drug-likeness (QED) is 0.233. The molecule has 2 aromatic carbocycles. The summed E-state index contributed by atoms with van der Waals surface area (Å²) in [5.41, 5.74) is 2.12. The summed E-state index contributed by atoms with van der Waals surface area (Å²) in [5.74, 6) is -0.505. The van der Waals surface area contributed by atoms with Crippen molar-refractivity contribution in [3.05, 3.63) is 65.7 Å². The van der Waals surface area contributed by atoms with Crippen molar-refractivity contribution in [2.45, 2.75) is 42.3 Å². The van der Waals surface area contributed by atoms with Crippen LogP contribution in [-0.2, 0) is 9.53 Å². The molecular weight excluding hydrogens is 486 g/mol. The van der Waals surface area contributed by atoms with Gasteiger partial charge in [-0.2, -0.15) is 0 Å². The van der Waals surface area contributed by atoms with Crippen molar-refractivity contribution >= 4 is 49.4 Å². The molecule has 0 saturated heterocycles. The number of rotatable bonds is 10. The largest absolute Gasteiger partial charge is 0.462 e. The summed E-state index contributed by atoms with van der Waals surface area (Å²) in [6.45, 7) is 2.58. The lowest BCUT2D eigenvalue weighted by molar-refractivity contribution is -0.115. The highest BCUT2D eigenvalue weighted by Crippen LogP contribution is 2.31. The highest BCUT2D eigenvalue weighted by atomic mass is 79.9. The molecule has 0 radical (unpaired) electrons. The van der Waals surface area contributed by atoms with Crippen molar-refractivity contribution in [2.24, 2.45) is 0 Å². The molecule has 4 nitrogen and oxygen atoms in total. The van der Waals surface area contributed by atoms with Gasteiger partial charge in [-0.15, -0.1) is 0 Å². The second-order valence-corrected chi connectivity index (χ2v) is 8.45. The second kappa shape index (κ2) is 12.0. The van der Waals surface area contributed by atoms with E-state index in [1.807, 2.05) is 30.3 Å². The van der Waals surface area contributed by atoms with Gasteiger partial charge in [0.1, 0.15) is 4.83 Å². The zero-order chi connectivity index (χ0) is 20.4. The third-order valence-corrected chi connectivity index (χ3v) is 6.96. The predicted octanol–water partition coefficient (Wildman–Crippen LogP) is 6.26. The minimum absolute atomic E-state index is 0.157. The van der Waals surface area contributed by atoms with E-state index in [1.165, 1.54) is 0 Å². The number of anilines is 1. The lowest BCUT2D eigenvalue weighted by Gasteiger charge is -2.17. The molecular formula is C22H25Br2NO3. The molecule has 0 saturated carbocycles. The smallest absolute Gasteiger partial charge is 0.338 e. The molecule has 0 fully saturated rings. The van der Waals surface area contributed by atoms with Crippen LogP contribution in [0.3, 0.4) is 0 Å². The Labute approximate surface area is 183 Å². The number of hydrogen-bond acceptors (Lipinski definition) is 3. The molecule has 2 rings (SSSR count). The van der Waals surface area contributed by atoms with Crippen LogP contribution in [0.2, 0.25) is 0 Å². The van der Waals surface area contributed by atoms with Gasteiger partial charge in [0.25, 0.3) is 0 Å². The highest BCUT2D eigenvalue weighted by Gasteiger charge is 2.25. The molecule has 0 aliphatic rings. The molecule has 2 atom stereocenters. The van der Waals surface area contributed by atoms with Crippen LogP contribution < -0.4 is 5.32 Å². The molecule has 0 heterocycles. The van der Waals surface area contributed by atoms with Gasteiger partial charge in [0.2, 0.25) is 5.91 Å². The number of halogens is 2. The summed E-state index contributed by atoms with van der Waals surface area (Å²) in [6.07, 6.45) is 4.26. The van der Waals surface area contributed by atoms with Crippen molar-refractivity contribution in [2.75, 3.05) is 11.9 Å². The fraction of sp³-hybridized carbons (Fsp3) is 0.364. The van der Waals surface area contributed by atoms with Crippen LogP contribution in [0.25, 0.3) is 0 Å². The Bertz CT molecular complexity index is 750. The van der Waals surface area contributed by atoms with Gasteiger partial charge < -0.3 is 10.1 Å². The number of esters is 1. The van der Waals surface area contributed by atoms with E-state index in [0.29, 0.717) is 17.9 Å². The van der Waals surface area contributed by atoms with Gasteiger partial charge in [0, 0.05) is 5.69 Å². The topological polar surface area (TPSA) is 55.4 Å². The lowest BCUT2D eigenvalue weighted by atomic mass is 10.1. The number of benzene rings is 2. The van der Waals surface area contributed by atoms with Crippen molar-refractivity contribution in [3.8, 4) is 0 Å². The first kappa shape index (κ1) is 22.6. The summed E-state index contributed by atoms with van der Waals surface area (Å²) in [6, 6.07) is 16.5. The van der Waals surface area contributed by atoms with E-state index in [2.05, 4.69) is 44.1 Å². The lowest BCUT2D eigenvalue weighted by Crippen LogP contribution is -2.26. The van der Waals surface area contributed by atoms with Crippen molar-refractivity contribution < 1.29 is 14.3 Å². The molecule has 28 heavy (non-hydrogen) atoms. The average Bonchev–Trinajstić information content (AvgIpc) is 2.73. The molecule has 1 amide bonds. The summed E-state index contributed by atoms with van der Waals surface area (Å²) >= 11 is 7.02. The van der Waals surface area contributed by atoms with Gasteiger partial charge in [-0.25, -0.2) is 4.79 Å². The molecule has 150 valence electrons. The molecule has 2 unspecified atom stereocenters. The van der Waals surface area contributed by atoms with Crippen molar-refractivity contribution in [1.82, 2.24) is 0 Å². The molecule has 1 N–H and O–H groups in total. The molecule has 0 bridgehead atoms. The van der Waals surface area contributed by atoms with E-state index < -0.39 is 4.83 Å². The zero-order valence-corrected chi connectivity index (χ0v) is 19.0. The second-order valence-electron chi connectivity index (χ2n) is 6.48. The summed E-state index contributed by atoms with van der Waals surface area (Å²) in [7, 11) is 0. The molecule has 2 aromatic rings. The molecule has 0 spiro atoms. The van der Waals surface area contributed by atoms with Crippen LogP contribution in [0.4, 0.5) is 5.69 Å². The Hall–Kier alpha value is -1.66. The number of hydrogen-bond donors (Lipinski definition) is 1. The first-order valence-electron chi connectivity index (χ1n) is 9.44. The van der Waals surface area contributed by atoms with Crippen LogP contribution in [-0.4, -0.2) is 23.3 Å². The van der Waals surface area contributed by atoms with Crippen molar-refractivity contribution in [1.29, 1.82) is 0 Å². The maximum absolute atomic E-state index is 12.5. The number of carbonyl (C=O) groups excluding carboxylic acids is 2. The van der Waals surface area contributed by atoms with E-state index in [1.54, 1.807) is 24.3 Å². The highest BCUT2D eigenvalue weighted by molar-refractivity contribution is 9.12. The Morgan fingerprint density at radius 1 is 0.964 bits per heavy atom. The minimum atomic E-state index is -0.442. The maximum Gasteiger partial charge on any atom is 0.338 e. The van der Waals surface area contributed by atoms with E-state index in [0.717, 1.165) is 31.2 Å². The van der Waals surface area contributed by atoms with Gasteiger partial charge in [0.05, 0.1) is 17.0 Å². The predicted molar refractivity (Wildman–Crippen MR) is 120 cm³/mol. The summed E-state index contributed by atoms with van der Waals surface area (Å²) in [4.78, 5) is 23.9. The van der Waals surface area contributed by atoms with Crippen LogP contribution in [0, 0.1) is 0 Å². The zero-order valence-electron chi connectivity index (χ0n) is 15.9. The van der Waals surface area contributed by atoms with Crippen LogP contribution in [0.5, 0.6) is 0 Å². The van der Waals surface area contributed by atoms with Gasteiger partial charge in [-0.1, -0.05) is 88.4 Å².